The molecule has 0 atom stereocenters. The highest BCUT2D eigenvalue weighted by atomic mass is 19.1. The second kappa shape index (κ2) is 4.28. The van der Waals surface area contributed by atoms with Gasteiger partial charge in [-0.15, -0.1) is 0 Å². The van der Waals surface area contributed by atoms with E-state index in [2.05, 4.69) is 16.6 Å². The van der Waals surface area contributed by atoms with Crippen LogP contribution in [0.15, 0.2) is 18.2 Å². The predicted molar refractivity (Wildman–Crippen MR) is 47.0 cm³/mol. The van der Waals surface area contributed by atoms with E-state index in [4.69, 9.17) is 5.11 Å². The van der Waals surface area contributed by atoms with Crippen LogP contribution in [0.5, 0.6) is 5.75 Å². The number of phenols is 1. The Bertz CT molecular complexity index is 415. The van der Waals surface area contributed by atoms with Crippen molar-refractivity contribution in [3.63, 3.8) is 0 Å². The number of carbonyl (C=O) groups is 1. The van der Waals surface area contributed by atoms with Crippen LogP contribution in [-0.4, -0.2) is 18.2 Å². The fraction of sp³-hybridized carbons (Fsp3) is 0.100. The third-order valence-electron chi connectivity index (χ3n) is 1.43. The fourth-order valence-electron chi connectivity index (χ4n) is 0.778. The molecule has 0 aliphatic heterocycles. The van der Waals surface area contributed by atoms with Gasteiger partial charge < -0.3 is 9.84 Å². The second-order valence-electron chi connectivity index (χ2n) is 2.41. The largest absolute Gasteiger partial charge is 0.508 e. The third-order valence-corrected chi connectivity index (χ3v) is 1.43. The van der Waals surface area contributed by atoms with Gasteiger partial charge in [0, 0.05) is 5.92 Å². The molecule has 1 aromatic carbocycles. The van der Waals surface area contributed by atoms with Crippen LogP contribution >= 0.6 is 0 Å². The Kier molecular flexibility index (Phi) is 3.08. The Morgan fingerprint density at radius 3 is 2.93 bits per heavy atom. The second-order valence-corrected chi connectivity index (χ2v) is 2.41. The molecule has 1 aromatic rings. The van der Waals surface area contributed by atoms with Crippen LogP contribution < -0.4 is 0 Å². The number of phenolic OH excluding ortho intramolecular Hbond substituents is 1. The molecular weight excluding hydrogens is 187 g/mol. The lowest BCUT2D eigenvalue weighted by molar-refractivity contribution is -0.133. The molecule has 0 bridgehead atoms. The highest BCUT2D eigenvalue weighted by molar-refractivity contribution is 5.89. The van der Waals surface area contributed by atoms with Crippen molar-refractivity contribution in [1.82, 2.24) is 0 Å². The predicted octanol–water partition coefficient (Wildman–Crippen LogP) is 1.06. The highest BCUT2D eigenvalue weighted by Crippen LogP contribution is 2.13. The molecule has 0 amide bonds. The minimum atomic E-state index is -0.757. The van der Waals surface area contributed by atoms with E-state index in [1.807, 2.05) is 0 Å². The van der Waals surface area contributed by atoms with Crippen molar-refractivity contribution >= 4 is 5.97 Å². The van der Waals surface area contributed by atoms with Gasteiger partial charge in [0.15, 0.2) is 0 Å². The van der Waals surface area contributed by atoms with E-state index < -0.39 is 11.8 Å². The van der Waals surface area contributed by atoms with Crippen molar-refractivity contribution < 1.29 is 19.0 Å². The van der Waals surface area contributed by atoms with Gasteiger partial charge in [0.05, 0.1) is 12.7 Å². The monoisotopic (exact) mass is 194 g/mol. The first-order chi connectivity index (χ1) is 6.63. The molecule has 14 heavy (non-hydrogen) atoms. The lowest BCUT2D eigenvalue weighted by Gasteiger charge is -1.94. The summed E-state index contributed by atoms with van der Waals surface area (Å²) in [5.41, 5.74) is -0.0459. The number of ether oxygens (including phenoxy) is 1. The van der Waals surface area contributed by atoms with Gasteiger partial charge in [-0.25, -0.2) is 9.18 Å². The standard InChI is InChI=1S/C10H7FO3/c1-14-10(13)5-2-7-6-8(12)3-4-9(7)11/h3-4,6,12H,1H3. The van der Waals surface area contributed by atoms with Crippen molar-refractivity contribution in [2.45, 2.75) is 0 Å². The van der Waals surface area contributed by atoms with Crippen LogP contribution in [0.2, 0.25) is 0 Å². The molecule has 0 heterocycles. The van der Waals surface area contributed by atoms with Gasteiger partial charge in [-0.2, -0.15) is 0 Å². The number of benzene rings is 1. The summed E-state index contributed by atoms with van der Waals surface area (Å²) in [6.45, 7) is 0. The average Bonchev–Trinajstić information content (AvgIpc) is 2.19. The smallest absolute Gasteiger partial charge is 0.384 e. The number of hydrogen-bond acceptors (Lipinski definition) is 3. The number of hydrogen-bond donors (Lipinski definition) is 1. The van der Waals surface area contributed by atoms with Crippen molar-refractivity contribution in [1.29, 1.82) is 0 Å². The van der Waals surface area contributed by atoms with Crippen LogP contribution in [0.25, 0.3) is 0 Å². The molecule has 0 saturated heterocycles. The molecule has 0 unspecified atom stereocenters. The molecule has 1 N–H and O–H groups in total. The summed E-state index contributed by atoms with van der Waals surface area (Å²) >= 11 is 0. The number of esters is 1. The van der Waals surface area contributed by atoms with E-state index in [1.54, 1.807) is 0 Å². The van der Waals surface area contributed by atoms with Gasteiger partial charge in [-0.1, -0.05) is 5.92 Å². The lowest BCUT2D eigenvalue weighted by atomic mass is 10.2. The molecule has 1 rings (SSSR count). The van der Waals surface area contributed by atoms with E-state index in [1.165, 1.54) is 13.2 Å². The quantitative estimate of drug-likeness (QED) is 0.496. The number of aromatic hydroxyl groups is 1. The van der Waals surface area contributed by atoms with Crippen LogP contribution in [-0.2, 0) is 9.53 Å². The van der Waals surface area contributed by atoms with Crippen molar-refractivity contribution in [2.24, 2.45) is 0 Å². The van der Waals surface area contributed by atoms with E-state index in [0.717, 1.165) is 12.1 Å². The number of rotatable bonds is 0. The Hall–Kier alpha value is -2.02. The van der Waals surface area contributed by atoms with Gasteiger partial charge in [-0.3, -0.25) is 0 Å². The van der Waals surface area contributed by atoms with Gasteiger partial charge in [0.2, 0.25) is 0 Å². The summed E-state index contributed by atoms with van der Waals surface area (Å²) in [4.78, 5) is 10.6. The molecule has 0 spiro atoms. The van der Waals surface area contributed by atoms with Gasteiger partial charge >= 0.3 is 5.97 Å². The molecule has 72 valence electrons. The van der Waals surface area contributed by atoms with E-state index in [9.17, 15) is 9.18 Å². The van der Waals surface area contributed by atoms with E-state index >= 15 is 0 Å². The third kappa shape index (κ3) is 2.49. The van der Waals surface area contributed by atoms with Crippen LogP contribution in [0.1, 0.15) is 5.56 Å². The minimum Gasteiger partial charge on any atom is -0.508 e. The first-order valence-electron chi connectivity index (χ1n) is 3.72. The summed E-state index contributed by atoms with van der Waals surface area (Å²) < 4.78 is 17.2. The molecule has 0 aliphatic rings. The van der Waals surface area contributed by atoms with Crippen LogP contribution in [0, 0.1) is 17.7 Å². The minimum absolute atomic E-state index is 0.0459. The summed E-state index contributed by atoms with van der Waals surface area (Å²) in [6, 6.07) is 3.39. The summed E-state index contributed by atoms with van der Waals surface area (Å²) in [5, 5.41) is 9.01. The maximum Gasteiger partial charge on any atom is 0.384 e. The molecule has 0 fully saturated rings. The average molecular weight is 194 g/mol. The number of halogens is 1. The normalized spacial score (nSPS) is 8.71. The SMILES string of the molecule is COC(=O)C#Cc1cc(O)ccc1F. The summed E-state index contributed by atoms with van der Waals surface area (Å²) in [7, 11) is 1.18. The van der Waals surface area contributed by atoms with Gasteiger partial charge in [-0.05, 0) is 18.2 Å². The number of carbonyl (C=O) groups excluding carboxylic acids is 1. The summed E-state index contributed by atoms with van der Waals surface area (Å²) in [5.74, 6) is 2.83. The zero-order chi connectivity index (χ0) is 10.6. The Balaban J connectivity index is 3.00. The van der Waals surface area contributed by atoms with Gasteiger partial charge in [0.25, 0.3) is 0 Å². The molecule has 4 heteroatoms. The van der Waals surface area contributed by atoms with E-state index in [0.29, 0.717) is 0 Å². The van der Waals surface area contributed by atoms with Crippen LogP contribution in [0.3, 0.4) is 0 Å². The Labute approximate surface area is 80.1 Å². The maximum absolute atomic E-state index is 13.0. The molecular formula is C10H7FO3. The van der Waals surface area contributed by atoms with Crippen molar-refractivity contribution in [3.8, 4) is 17.6 Å². The van der Waals surface area contributed by atoms with Crippen LogP contribution in [0.4, 0.5) is 4.39 Å². The first-order valence-corrected chi connectivity index (χ1v) is 3.72. The zero-order valence-electron chi connectivity index (χ0n) is 7.37. The molecule has 3 nitrogen and oxygen atoms in total. The molecule has 0 saturated carbocycles. The van der Waals surface area contributed by atoms with E-state index in [-0.39, 0.29) is 11.3 Å². The Morgan fingerprint density at radius 1 is 1.57 bits per heavy atom. The summed E-state index contributed by atoms with van der Waals surface area (Å²) in [6.07, 6.45) is 0. The highest BCUT2D eigenvalue weighted by Gasteiger charge is 2.00. The lowest BCUT2D eigenvalue weighted by Crippen LogP contribution is -1.94. The maximum atomic E-state index is 13.0. The zero-order valence-corrected chi connectivity index (χ0v) is 7.37. The van der Waals surface area contributed by atoms with Gasteiger partial charge in [0.1, 0.15) is 11.6 Å². The first kappa shape index (κ1) is 10.1. The Morgan fingerprint density at radius 2 is 2.29 bits per heavy atom. The van der Waals surface area contributed by atoms with Crippen molar-refractivity contribution in [3.05, 3.63) is 29.6 Å². The van der Waals surface area contributed by atoms with Crippen molar-refractivity contribution in [2.75, 3.05) is 7.11 Å². The fourth-order valence-corrected chi connectivity index (χ4v) is 0.778. The number of methoxy groups -OCH3 is 1. The molecule has 0 aliphatic carbocycles. The molecule has 0 aromatic heterocycles. The topological polar surface area (TPSA) is 46.5 Å². The molecule has 0 radical (unpaired) electrons.